The molecule has 0 unspecified atom stereocenters. The molecule has 0 aliphatic carbocycles. The largest absolute Gasteiger partial charge is 0.310 e. The molecule has 0 radical (unpaired) electrons. The van der Waals surface area contributed by atoms with Crippen LogP contribution < -0.4 is 19.6 Å². The Labute approximate surface area is 409 Å². The van der Waals surface area contributed by atoms with E-state index < -0.39 is 0 Å². The van der Waals surface area contributed by atoms with Crippen LogP contribution in [0.1, 0.15) is 0 Å². The average molecular weight is 897 g/mol. The molecule has 0 amide bonds. The van der Waals surface area contributed by atoms with Crippen molar-refractivity contribution in [3.8, 4) is 0 Å². The maximum absolute atomic E-state index is 2.40. The Bertz CT molecular complexity index is 3390. The summed E-state index contributed by atoms with van der Waals surface area (Å²) < 4.78 is 0. The molecule has 0 heterocycles. The standard InChI is InChI=1S/C66H48N4/c1-7-23-51(24-8-1)67(52-25-9-2-10-26-52)63-39-19-37-61-59(63)35-21-41-65(61)69(55-31-15-5-16-32-55)57-45-43-49-44-46-58(48-50(49)47-57)70(56-33-17-6-18-34-56)66-42-22-36-60-62(66)38-20-40-64(60)68(53-27-11-3-12-28-53)54-29-13-4-14-30-54/h1-48H. The van der Waals surface area contributed by atoms with Crippen molar-refractivity contribution in [2.24, 2.45) is 0 Å². The highest BCUT2D eigenvalue weighted by Crippen LogP contribution is 2.47. The van der Waals surface area contributed by atoms with Crippen molar-refractivity contribution < 1.29 is 0 Å². The van der Waals surface area contributed by atoms with Gasteiger partial charge in [0.25, 0.3) is 0 Å². The number of hydrogen-bond acceptors (Lipinski definition) is 4. The van der Waals surface area contributed by atoms with Crippen LogP contribution in [-0.4, -0.2) is 0 Å². The van der Waals surface area contributed by atoms with E-state index in [-0.39, 0.29) is 0 Å². The summed E-state index contributed by atoms with van der Waals surface area (Å²) in [7, 11) is 0. The van der Waals surface area contributed by atoms with Crippen LogP contribution in [0.5, 0.6) is 0 Å². The van der Waals surface area contributed by atoms with Crippen molar-refractivity contribution in [2.75, 3.05) is 19.6 Å². The monoisotopic (exact) mass is 896 g/mol. The van der Waals surface area contributed by atoms with Gasteiger partial charge < -0.3 is 19.6 Å². The number of rotatable bonds is 12. The Hall–Kier alpha value is -9.38. The first-order chi connectivity index (χ1) is 34.8. The van der Waals surface area contributed by atoms with Gasteiger partial charge >= 0.3 is 0 Å². The van der Waals surface area contributed by atoms with Crippen molar-refractivity contribution >= 4 is 101 Å². The minimum atomic E-state index is 1.07. The van der Waals surface area contributed by atoms with Gasteiger partial charge in [-0.05, 0) is 132 Å². The fourth-order valence-electron chi connectivity index (χ4n) is 10.0. The van der Waals surface area contributed by atoms with Gasteiger partial charge in [0.1, 0.15) is 0 Å². The van der Waals surface area contributed by atoms with Crippen LogP contribution in [0.15, 0.2) is 291 Å². The molecule has 0 saturated heterocycles. The van der Waals surface area contributed by atoms with Crippen LogP contribution >= 0.6 is 0 Å². The summed E-state index contributed by atoms with van der Waals surface area (Å²) in [5, 5.41) is 6.92. The molecule has 12 aromatic carbocycles. The summed E-state index contributed by atoms with van der Waals surface area (Å²) in [6.07, 6.45) is 0. The Balaban J connectivity index is 1.01. The molecule has 0 saturated carbocycles. The zero-order valence-corrected chi connectivity index (χ0v) is 38.5. The number of para-hydroxylation sites is 6. The molecule has 4 nitrogen and oxygen atoms in total. The van der Waals surface area contributed by atoms with Crippen molar-refractivity contribution in [1.29, 1.82) is 0 Å². The Morgan fingerprint density at radius 2 is 0.386 bits per heavy atom. The first-order valence-electron chi connectivity index (χ1n) is 23.8. The normalized spacial score (nSPS) is 11.1. The third kappa shape index (κ3) is 7.93. The van der Waals surface area contributed by atoms with E-state index in [1.807, 2.05) is 0 Å². The van der Waals surface area contributed by atoms with Crippen LogP contribution in [0, 0.1) is 0 Å². The van der Waals surface area contributed by atoms with Crippen molar-refractivity contribution in [2.45, 2.75) is 0 Å². The molecule has 0 spiro atoms. The van der Waals surface area contributed by atoms with E-state index in [0.717, 1.165) is 101 Å². The minimum Gasteiger partial charge on any atom is -0.310 e. The second kappa shape index (κ2) is 18.7. The van der Waals surface area contributed by atoms with Gasteiger partial charge in [0, 0.05) is 67.0 Å². The molecule has 0 N–H and O–H groups in total. The highest BCUT2D eigenvalue weighted by Gasteiger charge is 2.22. The second-order valence-corrected chi connectivity index (χ2v) is 17.4. The lowest BCUT2D eigenvalue weighted by Gasteiger charge is -2.30. The van der Waals surface area contributed by atoms with Gasteiger partial charge in [-0.15, -0.1) is 0 Å². The van der Waals surface area contributed by atoms with E-state index in [1.54, 1.807) is 0 Å². The predicted molar refractivity (Wildman–Crippen MR) is 298 cm³/mol. The van der Waals surface area contributed by atoms with Crippen LogP contribution in [0.2, 0.25) is 0 Å². The Morgan fingerprint density at radius 3 is 0.629 bits per heavy atom. The number of fused-ring (bicyclic) bond motifs is 3. The van der Waals surface area contributed by atoms with E-state index >= 15 is 0 Å². The molecule has 0 fully saturated rings. The molecule has 332 valence electrons. The van der Waals surface area contributed by atoms with Gasteiger partial charge in [-0.3, -0.25) is 0 Å². The molecule has 12 rings (SSSR count). The van der Waals surface area contributed by atoms with E-state index in [9.17, 15) is 0 Å². The Kier molecular flexibility index (Phi) is 11.2. The fraction of sp³-hybridized carbons (Fsp3) is 0. The topological polar surface area (TPSA) is 13.0 Å². The average Bonchev–Trinajstić information content (AvgIpc) is 3.43. The van der Waals surface area contributed by atoms with Gasteiger partial charge in [-0.25, -0.2) is 0 Å². The summed E-state index contributed by atoms with van der Waals surface area (Å²) >= 11 is 0. The molecular weight excluding hydrogens is 849 g/mol. The van der Waals surface area contributed by atoms with Gasteiger partial charge in [0.15, 0.2) is 0 Å². The first kappa shape index (κ1) is 42.0. The van der Waals surface area contributed by atoms with Gasteiger partial charge in [0.2, 0.25) is 0 Å². The number of hydrogen-bond donors (Lipinski definition) is 0. The summed E-state index contributed by atoms with van der Waals surface area (Å²) in [5.41, 5.74) is 13.1. The van der Waals surface area contributed by atoms with Crippen molar-refractivity contribution in [1.82, 2.24) is 0 Å². The van der Waals surface area contributed by atoms with Crippen LogP contribution in [0.4, 0.5) is 68.2 Å². The van der Waals surface area contributed by atoms with Crippen molar-refractivity contribution in [3.05, 3.63) is 291 Å². The highest BCUT2D eigenvalue weighted by molar-refractivity contribution is 6.09. The van der Waals surface area contributed by atoms with Gasteiger partial charge in [-0.1, -0.05) is 170 Å². The molecule has 0 atom stereocenters. The van der Waals surface area contributed by atoms with E-state index in [4.69, 9.17) is 0 Å². The third-order valence-corrected chi connectivity index (χ3v) is 13.1. The maximum atomic E-state index is 2.40. The number of anilines is 12. The summed E-state index contributed by atoms with van der Waals surface area (Å²) in [4.78, 5) is 9.52. The number of benzene rings is 12. The van der Waals surface area contributed by atoms with Crippen molar-refractivity contribution in [3.63, 3.8) is 0 Å². The lowest BCUT2D eigenvalue weighted by atomic mass is 10.0. The van der Waals surface area contributed by atoms with Crippen LogP contribution in [0.25, 0.3) is 32.3 Å². The zero-order valence-electron chi connectivity index (χ0n) is 38.5. The minimum absolute atomic E-state index is 1.07. The Morgan fingerprint density at radius 1 is 0.157 bits per heavy atom. The molecule has 70 heavy (non-hydrogen) atoms. The molecule has 4 heteroatoms. The smallest absolute Gasteiger partial charge is 0.0540 e. The molecule has 0 aromatic heterocycles. The van der Waals surface area contributed by atoms with Gasteiger partial charge in [-0.2, -0.15) is 0 Å². The molecule has 12 aromatic rings. The molecule has 0 aliphatic heterocycles. The summed E-state index contributed by atoms with van der Waals surface area (Å²) in [6.45, 7) is 0. The zero-order chi connectivity index (χ0) is 46.6. The summed E-state index contributed by atoms with van der Waals surface area (Å²) in [5.74, 6) is 0. The quantitative estimate of drug-likeness (QED) is 0.121. The SMILES string of the molecule is c1ccc(N(c2ccccc2)c2cccc3c(N(c4ccccc4)c4ccc5ccc(N(c6ccccc6)c6cccc7c(N(c8ccccc8)c8ccccc8)cccc67)cc5c4)cccc23)cc1. The first-order valence-corrected chi connectivity index (χ1v) is 23.8. The van der Waals surface area contributed by atoms with E-state index in [0.29, 0.717) is 0 Å². The summed E-state index contributed by atoms with van der Waals surface area (Å²) in [6, 6.07) is 104. The predicted octanol–water partition coefficient (Wildman–Crippen LogP) is 19.0. The highest BCUT2D eigenvalue weighted by atomic mass is 15.2. The van der Waals surface area contributed by atoms with Gasteiger partial charge in [0.05, 0.1) is 22.7 Å². The second-order valence-electron chi connectivity index (χ2n) is 17.4. The van der Waals surface area contributed by atoms with E-state index in [2.05, 4.69) is 311 Å². The fourth-order valence-corrected chi connectivity index (χ4v) is 10.0. The molecule has 0 bridgehead atoms. The number of nitrogens with zero attached hydrogens (tertiary/aromatic N) is 4. The maximum Gasteiger partial charge on any atom is 0.0540 e. The molecule has 0 aliphatic rings. The lowest BCUT2D eigenvalue weighted by molar-refractivity contribution is 1.28. The van der Waals surface area contributed by atoms with Crippen LogP contribution in [-0.2, 0) is 0 Å². The van der Waals surface area contributed by atoms with Crippen LogP contribution in [0.3, 0.4) is 0 Å². The lowest BCUT2D eigenvalue weighted by Crippen LogP contribution is -2.13. The van der Waals surface area contributed by atoms with E-state index in [1.165, 1.54) is 0 Å². The molecular formula is C66H48N4. The third-order valence-electron chi connectivity index (χ3n) is 13.1.